The van der Waals surface area contributed by atoms with Crippen molar-refractivity contribution < 1.29 is 23.1 Å². The number of hydrazone groups is 1. The molecule has 1 fully saturated rings. The number of rotatable bonds is 5. The molecule has 0 aromatic heterocycles. The maximum atomic E-state index is 11.8. The van der Waals surface area contributed by atoms with E-state index in [9.17, 15) is 18.3 Å². The molecule has 1 heterocycles. The van der Waals surface area contributed by atoms with Crippen LogP contribution in [0.25, 0.3) is 0 Å². The summed E-state index contributed by atoms with van der Waals surface area (Å²) in [6.07, 6.45) is 1.61. The molecule has 2 N–H and O–H groups in total. The highest BCUT2D eigenvalue weighted by Crippen LogP contribution is 2.28. The third-order valence-electron chi connectivity index (χ3n) is 3.31. The van der Waals surface area contributed by atoms with Crippen LogP contribution in [0.15, 0.2) is 23.3 Å². The number of ether oxygens (including phenoxy) is 1. The van der Waals surface area contributed by atoms with Crippen LogP contribution in [-0.4, -0.2) is 43.8 Å². The van der Waals surface area contributed by atoms with Gasteiger partial charge in [-0.05, 0) is 25.5 Å². The standard InChI is InChI=1S/C14H18N2O5S/c1-2-21-12-5-3-4-10(13(12)17)8-15-16-14(18)11-6-7-22(19,20)9-11/h3-5,8,11,17H,2,6-7,9H2,1H3,(H,16,18)/b15-8+/t11-/m1/s1. The van der Waals surface area contributed by atoms with E-state index < -0.39 is 21.7 Å². The van der Waals surface area contributed by atoms with E-state index in [1.165, 1.54) is 6.21 Å². The van der Waals surface area contributed by atoms with Gasteiger partial charge in [0.25, 0.3) is 0 Å². The zero-order valence-electron chi connectivity index (χ0n) is 12.2. The predicted octanol–water partition coefficient (Wildman–Crippen LogP) is 0.676. The maximum Gasteiger partial charge on any atom is 0.244 e. The van der Waals surface area contributed by atoms with Crippen molar-refractivity contribution in [1.82, 2.24) is 5.43 Å². The number of sulfone groups is 1. The van der Waals surface area contributed by atoms with Crippen molar-refractivity contribution in [3.8, 4) is 11.5 Å². The van der Waals surface area contributed by atoms with Gasteiger partial charge in [-0.2, -0.15) is 5.10 Å². The lowest BCUT2D eigenvalue weighted by Gasteiger charge is -2.07. The molecule has 0 radical (unpaired) electrons. The second kappa shape index (κ2) is 6.78. The zero-order valence-corrected chi connectivity index (χ0v) is 13.0. The summed E-state index contributed by atoms with van der Waals surface area (Å²) < 4.78 is 27.9. The van der Waals surface area contributed by atoms with Gasteiger partial charge in [-0.1, -0.05) is 6.07 Å². The van der Waals surface area contributed by atoms with Gasteiger partial charge < -0.3 is 9.84 Å². The minimum absolute atomic E-state index is 0.0337. The van der Waals surface area contributed by atoms with E-state index in [1.807, 2.05) is 0 Å². The first-order valence-corrected chi connectivity index (χ1v) is 8.73. The molecule has 1 saturated heterocycles. The highest BCUT2D eigenvalue weighted by atomic mass is 32.2. The number of para-hydroxylation sites is 1. The molecule has 0 aliphatic carbocycles. The smallest absolute Gasteiger partial charge is 0.244 e. The number of carbonyl (C=O) groups excluding carboxylic acids is 1. The summed E-state index contributed by atoms with van der Waals surface area (Å²) in [5.74, 6) is -0.834. The monoisotopic (exact) mass is 326 g/mol. The van der Waals surface area contributed by atoms with E-state index in [4.69, 9.17) is 4.74 Å². The largest absolute Gasteiger partial charge is 0.504 e. The maximum absolute atomic E-state index is 11.8. The third-order valence-corrected chi connectivity index (χ3v) is 5.08. The molecule has 0 bridgehead atoms. The van der Waals surface area contributed by atoms with E-state index in [1.54, 1.807) is 25.1 Å². The molecule has 1 aromatic carbocycles. The number of benzene rings is 1. The molecule has 7 nitrogen and oxygen atoms in total. The Kier molecular flexibility index (Phi) is 5.02. The molecular formula is C14H18N2O5S. The molecule has 1 amide bonds. The van der Waals surface area contributed by atoms with E-state index in [0.717, 1.165) is 0 Å². The predicted molar refractivity (Wildman–Crippen MR) is 81.8 cm³/mol. The van der Waals surface area contributed by atoms with Gasteiger partial charge in [-0.25, -0.2) is 13.8 Å². The van der Waals surface area contributed by atoms with Gasteiger partial charge in [0.05, 0.1) is 30.2 Å². The Balaban J connectivity index is 1.98. The SMILES string of the molecule is CCOc1cccc(/C=N/NC(=O)[C@@H]2CCS(=O)(=O)C2)c1O. The Morgan fingerprint density at radius 1 is 1.55 bits per heavy atom. The van der Waals surface area contributed by atoms with E-state index >= 15 is 0 Å². The molecule has 0 saturated carbocycles. The van der Waals surface area contributed by atoms with Crippen molar-refractivity contribution >= 4 is 22.0 Å². The van der Waals surface area contributed by atoms with Crippen LogP contribution < -0.4 is 10.2 Å². The zero-order chi connectivity index (χ0) is 16.2. The number of hydrogen-bond acceptors (Lipinski definition) is 6. The summed E-state index contributed by atoms with van der Waals surface area (Å²) in [5.41, 5.74) is 2.70. The highest BCUT2D eigenvalue weighted by Gasteiger charge is 2.32. The van der Waals surface area contributed by atoms with Crippen LogP contribution in [0.1, 0.15) is 18.9 Å². The third kappa shape index (κ3) is 3.97. The molecule has 1 aliphatic heterocycles. The van der Waals surface area contributed by atoms with Crippen molar-refractivity contribution in [1.29, 1.82) is 0 Å². The number of phenolic OH excluding ortho intramolecular Hbond substituents is 1. The van der Waals surface area contributed by atoms with Crippen molar-refractivity contribution in [3.63, 3.8) is 0 Å². The van der Waals surface area contributed by atoms with Crippen LogP contribution in [0, 0.1) is 5.92 Å². The van der Waals surface area contributed by atoms with Gasteiger partial charge in [0, 0.05) is 5.56 Å². The fourth-order valence-corrected chi connectivity index (χ4v) is 3.92. The quantitative estimate of drug-likeness (QED) is 0.611. The molecule has 22 heavy (non-hydrogen) atoms. The first-order valence-electron chi connectivity index (χ1n) is 6.91. The molecule has 120 valence electrons. The second-order valence-corrected chi connectivity index (χ2v) is 7.19. The van der Waals surface area contributed by atoms with Crippen molar-refractivity contribution in [3.05, 3.63) is 23.8 Å². The molecule has 2 rings (SSSR count). The van der Waals surface area contributed by atoms with Crippen molar-refractivity contribution in [2.24, 2.45) is 11.0 Å². The average molecular weight is 326 g/mol. The van der Waals surface area contributed by atoms with Gasteiger partial charge in [-0.15, -0.1) is 0 Å². The van der Waals surface area contributed by atoms with Gasteiger partial charge in [-0.3, -0.25) is 4.79 Å². The Bertz CT molecular complexity index is 684. The van der Waals surface area contributed by atoms with E-state index in [0.29, 0.717) is 24.3 Å². The number of amides is 1. The lowest BCUT2D eigenvalue weighted by Crippen LogP contribution is -2.27. The summed E-state index contributed by atoms with van der Waals surface area (Å²) in [7, 11) is -3.11. The molecule has 0 spiro atoms. The van der Waals surface area contributed by atoms with Gasteiger partial charge in [0.2, 0.25) is 5.91 Å². The number of carbonyl (C=O) groups is 1. The molecule has 1 atom stereocenters. The summed E-state index contributed by atoms with van der Waals surface area (Å²) in [4.78, 5) is 11.8. The highest BCUT2D eigenvalue weighted by molar-refractivity contribution is 7.91. The Labute approximate surface area is 128 Å². The van der Waals surface area contributed by atoms with Crippen LogP contribution in [0.4, 0.5) is 0 Å². The summed E-state index contributed by atoms with van der Waals surface area (Å²) >= 11 is 0. The molecule has 8 heteroatoms. The van der Waals surface area contributed by atoms with Gasteiger partial charge >= 0.3 is 0 Å². The molecule has 0 unspecified atom stereocenters. The van der Waals surface area contributed by atoms with Crippen molar-refractivity contribution in [2.75, 3.05) is 18.1 Å². The molecular weight excluding hydrogens is 308 g/mol. The van der Waals surface area contributed by atoms with Crippen LogP contribution in [0.5, 0.6) is 11.5 Å². The fraction of sp³-hybridized carbons (Fsp3) is 0.429. The molecule has 1 aromatic rings. The number of nitrogens with zero attached hydrogens (tertiary/aromatic N) is 1. The van der Waals surface area contributed by atoms with Gasteiger partial charge in [0.15, 0.2) is 21.3 Å². The summed E-state index contributed by atoms with van der Waals surface area (Å²) in [6.45, 7) is 2.22. The summed E-state index contributed by atoms with van der Waals surface area (Å²) in [6, 6.07) is 4.93. The number of aromatic hydroxyl groups is 1. The Hall–Kier alpha value is -2.09. The lowest BCUT2D eigenvalue weighted by atomic mass is 10.1. The Morgan fingerprint density at radius 2 is 2.32 bits per heavy atom. The first kappa shape index (κ1) is 16.3. The first-order chi connectivity index (χ1) is 10.4. The number of phenols is 1. The van der Waals surface area contributed by atoms with E-state index in [-0.39, 0.29) is 17.3 Å². The van der Waals surface area contributed by atoms with Crippen LogP contribution >= 0.6 is 0 Å². The minimum Gasteiger partial charge on any atom is -0.504 e. The normalized spacial score (nSPS) is 20.1. The second-order valence-electron chi connectivity index (χ2n) is 4.96. The van der Waals surface area contributed by atoms with E-state index in [2.05, 4.69) is 10.5 Å². The Morgan fingerprint density at radius 3 is 2.95 bits per heavy atom. The number of hydrogen-bond donors (Lipinski definition) is 2. The molecule has 1 aliphatic rings. The fourth-order valence-electron chi connectivity index (χ4n) is 2.17. The van der Waals surface area contributed by atoms with Crippen molar-refractivity contribution in [2.45, 2.75) is 13.3 Å². The lowest BCUT2D eigenvalue weighted by molar-refractivity contribution is -0.124. The van der Waals surface area contributed by atoms with Crippen LogP contribution in [-0.2, 0) is 14.6 Å². The summed E-state index contributed by atoms with van der Waals surface area (Å²) in [5, 5.41) is 13.7. The average Bonchev–Trinajstić information content (AvgIpc) is 2.83. The van der Waals surface area contributed by atoms with Crippen LogP contribution in [0.3, 0.4) is 0 Å². The number of nitrogens with one attached hydrogen (secondary N) is 1. The minimum atomic E-state index is -3.11. The topological polar surface area (TPSA) is 105 Å². The van der Waals surface area contributed by atoms with Gasteiger partial charge in [0.1, 0.15) is 0 Å². The van der Waals surface area contributed by atoms with Crippen LogP contribution in [0.2, 0.25) is 0 Å².